The Morgan fingerprint density at radius 3 is 2.83 bits per heavy atom. The normalized spacial score (nSPS) is 12.4. The van der Waals surface area contributed by atoms with Gasteiger partial charge in [0, 0.05) is 17.5 Å². The van der Waals surface area contributed by atoms with Crippen LogP contribution in [0.25, 0.3) is 22.2 Å². The Morgan fingerprint density at radius 1 is 1.12 bits per heavy atom. The third-order valence-electron chi connectivity index (χ3n) is 3.97. The molecule has 4 rings (SSSR count). The number of carbonyl (C=O) groups is 1. The lowest BCUT2D eigenvalue weighted by molar-refractivity contribution is 0.0957. The minimum absolute atomic E-state index is 0.0990. The summed E-state index contributed by atoms with van der Waals surface area (Å²) in [6.07, 6.45) is 0. The molecule has 24 heavy (non-hydrogen) atoms. The van der Waals surface area contributed by atoms with E-state index in [2.05, 4.69) is 5.32 Å². The van der Waals surface area contributed by atoms with Crippen molar-refractivity contribution in [3.05, 3.63) is 54.1 Å². The number of hydrogen-bond acceptors (Lipinski definition) is 4. The Morgan fingerprint density at radius 2 is 1.96 bits per heavy atom. The lowest BCUT2D eigenvalue weighted by Gasteiger charge is -2.10. The second kappa shape index (κ2) is 5.85. The van der Waals surface area contributed by atoms with Crippen molar-refractivity contribution in [1.29, 1.82) is 0 Å². The van der Waals surface area contributed by atoms with Crippen LogP contribution < -0.4 is 14.8 Å². The summed E-state index contributed by atoms with van der Waals surface area (Å²) in [5.74, 6) is 1.32. The van der Waals surface area contributed by atoms with Crippen LogP contribution in [0.1, 0.15) is 17.3 Å². The number of para-hydroxylation sites is 1. The van der Waals surface area contributed by atoms with Gasteiger partial charge in [-0.05, 0) is 37.3 Å². The highest BCUT2D eigenvalue weighted by atomic mass is 16.7. The zero-order valence-electron chi connectivity index (χ0n) is 13.2. The molecule has 2 aromatic carbocycles. The van der Waals surface area contributed by atoms with Gasteiger partial charge in [-0.3, -0.25) is 4.79 Å². The number of pyridine rings is 1. The van der Waals surface area contributed by atoms with E-state index in [9.17, 15) is 4.79 Å². The smallest absolute Gasteiger partial charge is 0.252 e. The van der Waals surface area contributed by atoms with Crippen LogP contribution in [0.2, 0.25) is 0 Å². The van der Waals surface area contributed by atoms with E-state index in [0.29, 0.717) is 17.9 Å². The highest BCUT2D eigenvalue weighted by Crippen LogP contribution is 2.36. The SMILES string of the molecule is CCNC(=O)c1cc(-c2ccc3c(c2)OCO3)nc2ccccc12. The van der Waals surface area contributed by atoms with Crippen molar-refractivity contribution in [3.8, 4) is 22.8 Å². The number of rotatable bonds is 3. The maximum Gasteiger partial charge on any atom is 0.252 e. The summed E-state index contributed by atoms with van der Waals surface area (Å²) in [5.41, 5.74) is 3.02. The van der Waals surface area contributed by atoms with Crippen LogP contribution in [0.15, 0.2) is 48.5 Å². The third kappa shape index (κ3) is 2.44. The molecule has 0 atom stereocenters. The number of ether oxygens (including phenoxy) is 2. The molecule has 1 aliphatic rings. The van der Waals surface area contributed by atoms with Gasteiger partial charge in [0.1, 0.15) is 0 Å². The molecule has 2 heterocycles. The lowest BCUT2D eigenvalue weighted by atomic mass is 10.0. The van der Waals surface area contributed by atoms with Crippen molar-refractivity contribution in [1.82, 2.24) is 10.3 Å². The number of nitrogens with one attached hydrogen (secondary N) is 1. The highest BCUT2D eigenvalue weighted by Gasteiger charge is 2.17. The lowest BCUT2D eigenvalue weighted by Crippen LogP contribution is -2.23. The van der Waals surface area contributed by atoms with Gasteiger partial charge in [0.05, 0.1) is 16.8 Å². The summed E-state index contributed by atoms with van der Waals surface area (Å²) in [6, 6.07) is 15.1. The third-order valence-corrected chi connectivity index (χ3v) is 3.97. The summed E-state index contributed by atoms with van der Waals surface area (Å²) in [4.78, 5) is 17.1. The van der Waals surface area contributed by atoms with E-state index in [1.54, 1.807) is 0 Å². The zero-order chi connectivity index (χ0) is 16.5. The molecular formula is C19H16N2O3. The number of fused-ring (bicyclic) bond motifs is 2. The van der Waals surface area contributed by atoms with Crippen molar-refractivity contribution in [2.75, 3.05) is 13.3 Å². The summed E-state index contributed by atoms with van der Waals surface area (Å²) in [6.45, 7) is 2.71. The molecule has 5 nitrogen and oxygen atoms in total. The second-order valence-corrected chi connectivity index (χ2v) is 5.50. The fourth-order valence-corrected chi connectivity index (χ4v) is 2.82. The van der Waals surface area contributed by atoms with Crippen molar-refractivity contribution in [2.24, 2.45) is 0 Å². The van der Waals surface area contributed by atoms with Gasteiger partial charge in [-0.2, -0.15) is 0 Å². The molecule has 0 saturated heterocycles. The van der Waals surface area contributed by atoms with E-state index < -0.39 is 0 Å². The fraction of sp³-hybridized carbons (Fsp3) is 0.158. The van der Waals surface area contributed by atoms with Gasteiger partial charge in [0.2, 0.25) is 6.79 Å². The largest absolute Gasteiger partial charge is 0.454 e. The molecule has 5 heteroatoms. The molecule has 1 aliphatic heterocycles. The maximum absolute atomic E-state index is 12.4. The monoisotopic (exact) mass is 320 g/mol. The zero-order valence-corrected chi connectivity index (χ0v) is 13.2. The number of carbonyl (C=O) groups excluding carboxylic acids is 1. The van der Waals surface area contributed by atoms with E-state index in [0.717, 1.165) is 27.9 Å². The van der Waals surface area contributed by atoms with Crippen molar-refractivity contribution in [3.63, 3.8) is 0 Å². The van der Waals surface area contributed by atoms with E-state index in [1.165, 1.54) is 0 Å². The van der Waals surface area contributed by atoms with Crippen molar-refractivity contribution < 1.29 is 14.3 Å². The number of nitrogens with zero attached hydrogens (tertiary/aromatic N) is 1. The Bertz CT molecular complexity index is 937. The number of benzene rings is 2. The second-order valence-electron chi connectivity index (χ2n) is 5.50. The summed E-state index contributed by atoms with van der Waals surface area (Å²) in [7, 11) is 0. The summed E-state index contributed by atoms with van der Waals surface area (Å²) in [5, 5.41) is 3.70. The first-order chi connectivity index (χ1) is 11.8. The van der Waals surface area contributed by atoms with Crippen LogP contribution in [-0.4, -0.2) is 24.2 Å². The van der Waals surface area contributed by atoms with Crippen LogP contribution in [0, 0.1) is 0 Å². The van der Waals surface area contributed by atoms with Gasteiger partial charge in [-0.25, -0.2) is 4.98 Å². The molecule has 3 aromatic rings. The molecule has 0 saturated carbocycles. The number of hydrogen-bond donors (Lipinski definition) is 1. The van der Waals surface area contributed by atoms with Gasteiger partial charge in [0.25, 0.3) is 5.91 Å². The van der Waals surface area contributed by atoms with Crippen LogP contribution in [0.4, 0.5) is 0 Å². The quantitative estimate of drug-likeness (QED) is 0.803. The fourth-order valence-electron chi connectivity index (χ4n) is 2.82. The molecule has 120 valence electrons. The van der Waals surface area contributed by atoms with Crippen LogP contribution >= 0.6 is 0 Å². The Balaban J connectivity index is 1.88. The highest BCUT2D eigenvalue weighted by molar-refractivity contribution is 6.07. The molecule has 0 fully saturated rings. The predicted molar refractivity (Wildman–Crippen MR) is 91.3 cm³/mol. The van der Waals surface area contributed by atoms with E-state index in [1.807, 2.05) is 55.5 Å². The van der Waals surface area contributed by atoms with Crippen LogP contribution in [0.3, 0.4) is 0 Å². The van der Waals surface area contributed by atoms with Crippen molar-refractivity contribution in [2.45, 2.75) is 6.92 Å². The molecule has 0 unspecified atom stereocenters. The summed E-state index contributed by atoms with van der Waals surface area (Å²) < 4.78 is 10.8. The Labute approximate surface area is 139 Å². The van der Waals surface area contributed by atoms with Gasteiger partial charge in [-0.1, -0.05) is 18.2 Å². The van der Waals surface area contributed by atoms with Crippen LogP contribution in [0.5, 0.6) is 11.5 Å². The Hall–Kier alpha value is -3.08. The molecule has 0 radical (unpaired) electrons. The van der Waals surface area contributed by atoms with E-state index in [-0.39, 0.29) is 12.7 Å². The molecule has 0 bridgehead atoms. The minimum Gasteiger partial charge on any atom is -0.454 e. The number of aromatic nitrogens is 1. The molecule has 1 amide bonds. The average Bonchev–Trinajstić information content (AvgIpc) is 3.08. The maximum atomic E-state index is 12.4. The van der Waals surface area contributed by atoms with Gasteiger partial charge < -0.3 is 14.8 Å². The van der Waals surface area contributed by atoms with Gasteiger partial charge in [-0.15, -0.1) is 0 Å². The first kappa shape index (κ1) is 14.5. The standard InChI is InChI=1S/C19H16N2O3/c1-2-20-19(22)14-10-16(21-15-6-4-3-5-13(14)15)12-7-8-17-18(9-12)24-11-23-17/h3-10H,2,11H2,1H3,(H,20,22). The predicted octanol–water partition coefficient (Wildman–Crippen LogP) is 3.38. The van der Waals surface area contributed by atoms with Gasteiger partial charge >= 0.3 is 0 Å². The minimum atomic E-state index is -0.0990. The molecule has 0 spiro atoms. The molecular weight excluding hydrogens is 304 g/mol. The van der Waals surface area contributed by atoms with Gasteiger partial charge in [0.15, 0.2) is 11.5 Å². The Kier molecular flexibility index (Phi) is 3.54. The first-order valence-electron chi connectivity index (χ1n) is 7.84. The van der Waals surface area contributed by atoms with E-state index >= 15 is 0 Å². The first-order valence-corrected chi connectivity index (χ1v) is 7.84. The van der Waals surface area contributed by atoms with E-state index in [4.69, 9.17) is 14.5 Å². The molecule has 1 N–H and O–H groups in total. The topological polar surface area (TPSA) is 60.5 Å². The number of amides is 1. The van der Waals surface area contributed by atoms with Crippen LogP contribution in [-0.2, 0) is 0 Å². The summed E-state index contributed by atoms with van der Waals surface area (Å²) >= 11 is 0. The molecule has 1 aromatic heterocycles. The molecule has 0 aliphatic carbocycles. The van der Waals surface area contributed by atoms with Crippen molar-refractivity contribution >= 4 is 16.8 Å². The average molecular weight is 320 g/mol.